The molecular formula is C111H90N6P6S3. The molecule has 0 atom stereocenters. The highest BCUT2D eigenvalue weighted by atomic mass is 32.1. The molecule has 0 bridgehead atoms. The molecular weight excluding hydrogens is 1700 g/mol. The third kappa shape index (κ3) is 18.7. The highest BCUT2D eigenvalue weighted by Crippen LogP contribution is 2.54. The Balaban J connectivity index is 0.000000132. The molecule has 19 rings (SSSR count). The summed E-state index contributed by atoms with van der Waals surface area (Å²) in [7, 11) is -15.0. The molecule has 0 unspecified atom stereocenters. The quantitative estimate of drug-likeness (QED) is 0.0484. The lowest BCUT2D eigenvalue weighted by Crippen LogP contribution is -2.31. The zero-order valence-electron chi connectivity index (χ0n) is 69.1. The second kappa shape index (κ2) is 41.9. The van der Waals surface area contributed by atoms with E-state index in [4.69, 9.17) is 12.5 Å². The Labute approximate surface area is 758 Å². The van der Waals surface area contributed by atoms with Gasteiger partial charge in [0.2, 0.25) is 0 Å². The van der Waals surface area contributed by atoms with Crippen molar-refractivity contribution in [3.8, 4) is 0 Å². The molecule has 0 aliphatic rings. The molecule has 1 aromatic heterocycles. The molecule has 0 fully saturated rings. The second-order valence-electron chi connectivity index (χ2n) is 29.3. The number of hydrogen-bond donors (Lipinski definition) is 0. The molecule has 0 aliphatic carbocycles. The van der Waals surface area contributed by atoms with Crippen LogP contribution < -0.4 is 108 Å². The molecule has 1 heterocycles. The SMILES string of the molecule is [S-]c1nc([S-])nc([S-])n1.c1ccc(P(=[N+]=P(c2ccccc2)(c2ccccc2)c2ccccc2)(c2ccccc2)c2ccccc2)cc1.c1ccc(P(=[N+]=P(c2ccccc2)(c2ccccc2)c2ccccc2)(c2ccccc2)c2ccccc2)cc1.c1ccc(P(=[N+]=P(c2ccccc2)(c2ccccc2)c2ccccc2)(c2ccccc2)c2ccccc2)cc1. The summed E-state index contributed by atoms with van der Waals surface area (Å²) in [5, 5.41) is 23.2. The van der Waals surface area contributed by atoms with Gasteiger partial charge in [-0.05, 0) is 218 Å². The van der Waals surface area contributed by atoms with E-state index in [-0.39, 0.29) is 15.5 Å². The Bertz CT molecular complexity index is 5390. The van der Waals surface area contributed by atoms with Crippen LogP contribution in [0.3, 0.4) is 0 Å². The lowest BCUT2D eigenvalue weighted by atomic mass is 10.4. The van der Waals surface area contributed by atoms with Crippen molar-refractivity contribution in [2.45, 2.75) is 15.5 Å². The Morgan fingerprint density at radius 3 is 0.238 bits per heavy atom. The topological polar surface area (TPSA) is 81.0 Å². The summed E-state index contributed by atoms with van der Waals surface area (Å²) in [5.74, 6) is 0. The van der Waals surface area contributed by atoms with Crippen LogP contribution in [0.25, 0.3) is 0 Å². The van der Waals surface area contributed by atoms with E-state index in [1.807, 2.05) is 0 Å². The molecule has 0 spiro atoms. The number of nitrogens with zero attached hydrogens (tertiary/aromatic N) is 6. The minimum Gasteiger partial charge on any atom is -0.740 e. The minimum atomic E-state index is -2.50. The Kier molecular flexibility index (Phi) is 28.9. The highest BCUT2D eigenvalue weighted by Gasteiger charge is 2.48. The molecule has 0 saturated carbocycles. The van der Waals surface area contributed by atoms with Crippen LogP contribution in [0.1, 0.15) is 0 Å². The normalized spacial score (nSPS) is 11.3. The largest absolute Gasteiger partial charge is 0.740 e. The first-order valence-corrected chi connectivity index (χ1v) is 53.2. The summed E-state index contributed by atoms with van der Waals surface area (Å²) in [4.78, 5) is 10.7. The molecule has 18 aromatic carbocycles. The van der Waals surface area contributed by atoms with Gasteiger partial charge < -0.3 is 37.9 Å². The first-order chi connectivity index (χ1) is 62.2. The Hall–Kier alpha value is -12.7. The standard InChI is InChI=1S/3C36H30NP2.C3H3N3S3/c3*1-7-19-31(20-8-1)38(32-21-9-2-10-22-32,33-23-11-3-12-24-33)37-39(34-25-13-4-14-26-34,35-27-15-5-16-28-35)36-29-17-6-18-30-36;7-1-4-2(8)6-3(9)5-1/h3*1-30H;(H3,4,5,6,7,8,9)/q3*+1;/p-3. The molecule has 0 saturated heterocycles. The maximum atomic E-state index is 6.38. The van der Waals surface area contributed by atoms with Crippen LogP contribution in [-0.4, -0.2) is 15.0 Å². The van der Waals surface area contributed by atoms with Gasteiger partial charge in [0.05, 0.1) is 95.5 Å². The number of benzene rings is 18. The van der Waals surface area contributed by atoms with Crippen molar-refractivity contribution in [3.63, 3.8) is 0 Å². The van der Waals surface area contributed by atoms with Gasteiger partial charge in [-0.2, -0.15) is 0 Å². The van der Waals surface area contributed by atoms with Gasteiger partial charge in [-0.25, -0.2) is 0 Å². The van der Waals surface area contributed by atoms with Gasteiger partial charge in [0.25, 0.3) is 0 Å². The first kappa shape index (κ1) is 86.8. The molecule has 0 N–H and O–H groups in total. The van der Waals surface area contributed by atoms with E-state index in [1.54, 1.807) is 0 Å². The Morgan fingerprint density at radius 1 is 0.111 bits per heavy atom. The smallest absolute Gasteiger partial charge is 0.301 e. The molecule has 19 aromatic rings. The summed E-state index contributed by atoms with van der Waals surface area (Å²) in [6, 6.07) is 197. The van der Waals surface area contributed by atoms with E-state index in [2.05, 4.69) is 599 Å². The minimum absolute atomic E-state index is 0.167. The monoisotopic (exact) mass is 1790 g/mol. The van der Waals surface area contributed by atoms with E-state index in [9.17, 15) is 0 Å². The predicted molar refractivity (Wildman–Crippen MR) is 554 cm³/mol. The van der Waals surface area contributed by atoms with Crippen molar-refractivity contribution in [3.05, 3.63) is 546 Å². The van der Waals surface area contributed by atoms with Crippen LogP contribution in [0.2, 0.25) is 0 Å². The predicted octanol–water partition coefficient (Wildman–Crippen LogP) is 18.8. The lowest BCUT2D eigenvalue weighted by Gasteiger charge is -2.20. The zero-order chi connectivity index (χ0) is 86.0. The third-order valence-corrected chi connectivity index (χ3v) is 47.5. The third-order valence-electron chi connectivity index (χ3n) is 21.7. The van der Waals surface area contributed by atoms with Crippen LogP contribution in [-0.2, 0) is 37.9 Å². The fraction of sp³-hybridized carbons (Fsp3) is 0. The summed E-state index contributed by atoms with van der Waals surface area (Å²) in [6.07, 6.45) is 0. The molecule has 612 valence electrons. The maximum absolute atomic E-state index is 6.38. The van der Waals surface area contributed by atoms with Crippen LogP contribution in [0.5, 0.6) is 0 Å². The maximum Gasteiger partial charge on any atom is 0.301 e. The summed E-state index contributed by atoms with van der Waals surface area (Å²) in [6.45, 7) is 0. The number of aromatic nitrogens is 3. The summed E-state index contributed by atoms with van der Waals surface area (Å²) < 4.78 is 19.1. The molecule has 126 heavy (non-hydrogen) atoms. The molecule has 0 amide bonds. The summed E-state index contributed by atoms with van der Waals surface area (Å²) in [5.41, 5.74) is 0. The number of rotatable bonds is 18. The van der Waals surface area contributed by atoms with Crippen LogP contribution in [0.15, 0.2) is 561 Å². The van der Waals surface area contributed by atoms with E-state index in [0.29, 0.717) is 0 Å². The highest BCUT2D eigenvalue weighted by molar-refractivity contribution is 7.95. The summed E-state index contributed by atoms with van der Waals surface area (Å²) >= 11 is 13.8. The average molecular weight is 1790 g/mol. The van der Waals surface area contributed by atoms with E-state index < -0.39 is 42.3 Å². The molecule has 15 heteroatoms. The van der Waals surface area contributed by atoms with Crippen molar-refractivity contribution in [1.29, 1.82) is 0 Å². The van der Waals surface area contributed by atoms with Crippen molar-refractivity contribution in [1.82, 2.24) is 27.5 Å². The van der Waals surface area contributed by atoms with Crippen molar-refractivity contribution in [2.24, 2.45) is 0 Å². The zero-order valence-corrected chi connectivity index (χ0v) is 76.9. The fourth-order valence-corrected chi connectivity index (χ4v) is 45.3. The van der Waals surface area contributed by atoms with E-state index in [0.717, 1.165) is 0 Å². The first-order valence-electron chi connectivity index (χ1n) is 41.6. The van der Waals surface area contributed by atoms with Gasteiger partial charge in [-0.1, -0.05) is 328 Å². The van der Waals surface area contributed by atoms with Crippen LogP contribution >= 0.6 is 42.3 Å². The second-order valence-corrected chi connectivity index (χ2v) is 49.5. The van der Waals surface area contributed by atoms with Gasteiger partial charge in [-0.3, -0.25) is 15.0 Å². The van der Waals surface area contributed by atoms with E-state index in [1.165, 1.54) is 95.5 Å². The van der Waals surface area contributed by atoms with Crippen LogP contribution in [0, 0.1) is 0 Å². The molecule has 0 radical (unpaired) electrons. The van der Waals surface area contributed by atoms with Gasteiger partial charge in [0.15, 0.2) is 0 Å². The average Bonchev–Trinajstić information content (AvgIpc) is 0.727. The molecule has 0 aliphatic heterocycles. The van der Waals surface area contributed by atoms with Crippen molar-refractivity contribution >= 4 is 176 Å². The Morgan fingerprint density at radius 2 is 0.175 bits per heavy atom. The van der Waals surface area contributed by atoms with Gasteiger partial charge >= 0.3 is 42.3 Å². The number of hydrogen-bond acceptors (Lipinski definition) is 6. The van der Waals surface area contributed by atoms with Gasteiger partial charge in [-0.15, -0.1) is 12.5 Å². The lowest BCUT2D eigenvalue weighted by molar-refractivity contribution is 0.723. The molecule has 6 nitrogen and oxygen atoms in total. The fourth-order valence-electron chi connectivity index (χ4n) is 16.1. The van der Waals surface area contributed by atoms with Gasteiger partial charge in [0, 0.05) is 15.5 Å². The van der Waals surface area contributed by atoms with Crippen molar-refractivity contribution < 1.29 is 0 Å². The van der Waals surface area contributed by atoms with E-state index >= 15 is 0 Å². The van der Waals surface area contributed by atoms with Crippen molar-refractivity contribution in [2.75, 3.05) is 0 Å². The van der Waals surface area contributed by atoms with Gasteiger partial charge in [0.1, 0.15) is 0 Å². The van der Waals surface area contributed by atoms with Crippen LogP contribution in [0.4, 0.5) is 0 Å².